The van der Waals surface area contributed by atoms with E-state index < -0.39 is 5.54 Å². The van der Waals surface area contributed by atoms with Gasteiger partial charge in [-0.1, -0.05) is 0 Å². The van der Waals surface area contributed by atoms with Gasteiger partial charge in [-0.3, -0.25) is 9.59 Å². The van der Waals surface area contributed by atoms with Crippen LogP contribution in [0.1, 0.15) is 42.6 Å². The average Bonchev–Trinajstić information content (AvgIpc) is 2.84. The summed E-state index contributed by atoms with van der Waals surface area (Å²) in [5, 5.41) is 10.2. The molecule has 1 aliphatic heterocycles. The first kappa shape index (κ1) is 14.6. The first-order valence-corrected chi connectivity index (χ1v) is 7.43. The molecular formula is C16H20N4O2. The van der Waals surface area contributed by atoms with Crippen molar-refractivity contribution >= 4 is 17.3 Å². The van der Waals surface area contributed by atoms with Crippen LogP contribution in [0.4, 0.5) is 0 Å². The van der Waals surface area contributed by atoms with E-state index in [0.29, 0.717) is 18.4 Å². The summed E-state index contributed by atoms with van der Waals surface area (Å²) < 4.78 is 1.69. The predicted molar refractivity (Wildman–Crippen MR) is 82.6 cm³/mol. The topological polar surface area (TPSA) is 75.5 Å². The van der Waals surface area contributed by atoms with Crippen molar-refractivity contribution in [2.24, 2.45) is 0 Å². The highest BCUT2D eigenvalue weighted by Gasteiger charge is 2.36. The molecule has 0 spiro atoms. The minimum Gasteiger partial charge on any atom is -0.349 e. The Labute approximate surface area is 128 Å². The molecule has 2 N–H and O–H groups in total. The minimum atomic E-state index is -0.454. The quantitative estimate of drug-likeness (QED) is 0.881. The van der Waals surface area contributed by atoms with Crippen molar-refractivity contribution in [3.05, 3.63) is 35.7 Å². The van der Waals surface area contributed by atoms with Gasteiger partial charge < -0.3 is 10.6 Å². The second kappa shape index (κ2) is 5.12. The zero-order valence-electron chi connectivity index (χ0n) is 13.0. The van der Waals surface area contributed by atoms with Crippen LogP contribution in [0.5, 0.6) is 0 Å². The van der Waals surface area contributed by atoms with Gasteiger partial charge in [0.2, 0.25) is 5.91 Å². The van der Waals surface area contributed by atoms with Gasteiger partial charge in [-0.2, -0.15) is 5.10 Å². The number of fused-ring (bicyclic) bond motifs is 1. The monoisotopic (exact) mass is 300 g/mol. The van der Waals surface area contributed by atoms with Gasteiger partial charge in [-0.25, -0.2) is 4.52 Å². The SMILES string of the molecule is Cc1ccn2ncc(C(=O)NC3CCC(=O)NC3(C)C)c2c1. The van der Waals surface area contributed by atoms with Crippen molar-refractivity contribution in [1.82, 2.24) is 20.2 Å². The van der Waals surface area contributed by atoms with Gasteiger partial charge in [0, 0.05) is 12.6 Å². The number of hydrogen-bond donors (Lipinski definition) is 2. The number of pyridine rings is 1. The Hall–Kier alpha value is -2.37. The molecule has 1 aliphatic rings. The molecule has 3 rings (SSSR count). The fraction of sp³-hybridized carbons (Fsp3) is 0.438. The number of nitrogens with one attached hydrogen (secondary N) is 2. The smallest absolute Gasteiger partial charge is 0.255 e. The highest BCUT2D eigenvalue weighted by molar-refractivity contribution is 6.01. The van der Waals surface area contributed by atoms with Crippen LogP contribution >= 0.6 is 0 Å². The molecule has 0 aromatic carbocycles. The lowest BCUT2D eigenvalue weighted by Crippen LogP contribution is -2.62. The summed E-state index contributed by atoms with van der Waals surface area (Å²) >= 11 is 0. The van der Waals surface area contributed by atoms with Crippen LogP contribution in [0.2, 0.25) is 0 Å². The number of rotatable bonds is 2. The highest BCUT2D eigenvalue weighted by atomic mass is 16.2. The maximum atomic E-state index is 12.6. The number of aryl methyl sites for hydroxylation is 1. The van der Waals surface area contributed by atoms with Crippen LogP contribution < -0.4 is 10.6 Å². The summed E-state index contributed by atoms with van der Waals surface area (Å²) in [5.74, 6) is -0.128. The van der Waals surface area contributed by atoms with E-state index in [1.807, 2.05) is 39.1 Å². The van der Waals surface area contributed by atoms with Crippen LogP contribution in [0, 0.1) is 6.92 Å². The van der Waals surface area contributed by atoms with Gasteiger partial charge >= 0.3 is 0 Å². The summed E-state index contributed by atoms with van der Waals surface area (Å²) in [7, 11) is 0. The summed E-state index contributed by atoms with van der Waals surface area (Å²) in [6, 6.07) is 3.79. The third-order valence-corrected chi connectivity index (χ3v) is 4.22. The minimum absolute atomic E-state index is 0.0297. The van der Waals surface area contributed by atoms with Crippen molar-refractivity contribution in [2.75, 3.05) is 0 Å². The number of carbonyl (C=O) groups is 2. The molecule has 1 unspecified atom stereocenters. The second-order valence-corrected chi connectivity index (χ2v) is 6.43. The molecular weight excluding hydrogens is 280 g/mol. The van der Waals surface area contributed by atoms with E-state index in [1.165, 1.54) is 0 Å². The molecule has 6 heteroatoms. The van der Waals surface area contributed by atoms with Gasteiger partial charge in [0.15, 0.2) is 0 Å². The normalized spacial score (nSPS) is 20.7. The lowest BCUT2D eigenvalue weighted by Gasteiger charge is -2.39. The molecule has 22 heavy (non-hydrogen) atoms. The van der Waals surface area contributed by atoms with Crippen molar-refractivity contribution < 1.29 is 9.59 Å². The van der Waals surface area contributed by atoms with E-state index >= 15 is 0 Å². The van der Waals surface area contributed by atoms with Crippen LogP contribution in [0.25, 0.3) is 5.52 Å². The third-order valence-electron chi connectivity index (χ3n) is 4.22. The Morgan fingerprint density at radius 2 is 2.27 bits per heavy atom. The van der Waals surface area contributed by atoms with E-state index in [0.717, 1.165) is 11.1 Å². The van der Waals surface area contributed by atoms with Crippen molar-refractivity contribution in [1.29, 1.82) is 0 Å². The van der Waals surface area contributed by atoms with Crippen LogP contribution in [0.3, 0.4) is 0 Å². The highest BCUT2D eigenvalue weighted by Crippen LogP contribution is 2.21. The molecule has 1 fully saturated rings. The van der Waals surface area contributed by atoms with Crippen LogP contribution in [-0.2, 0) is 4.79 Å². The Morgan fingerprint density at radius 3 is 3.00 bits per heavy atom. The zero-order valence-corrected chi connectivity index (χ0v) is 13.0. The molecule has 116 valence electrons. The zero-order chi connectivity index (χ0) is 15.9. The largest absolute Gasteiger partial charge is 0.349 e. The number of amides is 2. The average molecular weight is 300 g/mol. The number of aromatic nitrogens is 2. The molecule has 3 heterocycles. The molecule has 0 aliphatic carbocycles. The van der Waals surface area contributed by atoms with E-state index in [9.17, 15) is 9.59 Å². The summed E-state index contributed by atoms with van der Waals surface area (Å²) in [4.78, 5) is 24.1. The van der Waals surface area contributed by atoms with Crippen molar-refractivity contribution in [3.63, 3.8) is 0 Å². The van der Waals surface area contributed by atoms with Gasteiger partial charge in [-0.15, -0.1) is 0 Å². The molecule has 0 saturated carbocycles. The van der Waals surface area contributed by atoms with Crippen molar-refractivity contribution in [3.8, 4) is 0 Å². The Balaban J connectivity index is 1.84. The standard InChI is InChI=1S/C16H20N4O2/c1-10-6-7-20-12(8-10)11(9-17-20)15(22)18-13-4-5-14(21)19-16(13,2)3/h6-9,13H,4-5H2,1-3H3,(H,18,22)(H,19,21). The van der Waals surface area contributed by atoms with Gasteiger partial charge in [0.1, 0.15) is 0 Å². The Bertz CT molecular complexity index is 748. The fourth-order valence-corrected chi connectivity index (χ4v) is 2.90. The van der Waals surface area contributed by atoms with E-state index in [-0.39, 0.29) is 17.9 Å². The van der Waals surface area contributed by atoms with Crippen molar-refractivity contribution in [2.45, 2.75) is 45.2 Å². The molecule has 2 amide bonds. The first-order chi connectivity index (χ1) is 10.4. The van der Waals surface area contributed by atoms with Gasteiger partial charge in [0.05, 0.1) is 28.9 Å². The summed E-state index contributed by atoms with van der Waals surface area (Å²) in [5.41, 5.74) is 1.96. The lowest BCUT2D eigenvalue weighted by molar-refractivity contribution is -0.125. The van der Waals surface area contributed by atoms with Gasteiger partial charge in [0.25, 0.3) is 5.91 Å². The molecule has 1 saturated heterocycles. The Kier molecular flexibility index (Phi) is 3.39. The second-order valence-electron chi connectivity index (χ2n) is 6.43. The maximum absolute atomic E-state index is 12.6. The molecule has 1 atom stereocenters. The summed E-state index contributed by atoms with van der Waals surface area (Å²) in [6.45, 7) is 5.83. The number of nitrogens with zero attached hydrogens (tertiary/aromatic N) is 2. The summed E-state index contributed by atoms with van der Waals surface area (Å²) in [6.07, 6.45) is 4.50. The first-order valence-electron chi connectivity index (χ1n) is 7.43. The van der Waals surface area contributed by atoms with E-state index in [4.69, 9.17) is 0 Å². The number of hydrogen-bond acceptors (Lipinski definition) is 3. The third kappa shape index (κ3) is 2.56. The molecule has 2 aromatic heterocycles. The number of piperidine rings is 1. The molecule has 2 aromatic rings. The molecule has 6 nitrogen and oxygen atoms in total. The Morgan fingerprint density at radius 1 is 1.50 bits per heavy atom. The fourth-order valence-electron chi connectivity index (χ4n) is 2.90. The lowest BCUT2D eigenvalue weighted by atomic mass is 9.86. The number of carbonyl (C=O) groups excluding carboxylic acids is 2. The molecule has 0 radical (unpaired) electrons. The maximum Gasteiger partial charge on any atom is 0.255 e. The van der Waals surface area contributed by atoms with Crippen LogP contribution in [0.15, 0.2) is 24.5 Å². The molecule has 0 bridgehead atoms. The van der Waals surface area contributed by atoms with E-state index in [1.54, 1.807) is 10.7 Å². The predicted octanol–water partition coefficient (Wildman–Crippen LogP) is 1.43. The van der Waals surface area contributed by atoms with Gasteiger partial charge in [-0.05, 0) is 44.9 Å². The van der Waals surface area contributed by atoms with E-state index in [2.05, 4.69) is 15.7 Å². The van der Waals surface area contributed by atoms with Crippen LogP contribution in [-0.4, -0.2) is 33.0 Å².